The van der Waals surface area contributed by atoms with E-state index in [1.807, 2.05) is 12.1 Å². The first kappa shape index (κ1) is 11.1. The maximum Gasteiger partial charge on any atom is 0.139 e. The van der Waals surface area contributed by atoms with E-state index in [2.05, 4.69) is 0 Å². The number of benzene rings is 1. The van der Waals surface area contributed by atoms with Gasteiger partial charge in [-0.25, -0.2) is 0 Å². The number of nitrogens with two attached hydrogens (primary N) is 1. The summed E-state index contributed by atoms with van der Waals surface area (Å²) in [5.74, 6) is 0.631. The second-order valence-corrected chi connectivity index (χ2v) is 4.59. The van der Waals surface area contributed by atoms with E-state index in [1.165, 1.54) is 0 Å². The fraction of sp³-hybridized carbons (Fsp3) is 0.455. The Morgan fingerprint density at radius 3 is 2.73 bits per heavy atom. The average molecular weight is 246 g/mol. The van der Waals surface area contributed by atoms with E-state index in [9.17, 15) is 0 Å². The number of hydrogen-bond acceptors (Lipinski definition) is 2. The molecule has 1 fully saturated rings. The fourth-order valence-corrected chi connectivity index (χ4v) is 2.18. The van der Waals surface area contributed by atoms with Gasteiger partial charge in [-0.15, -0.1) is 0 Å². The molecule has 0 heterocycles. The minimum absolute atomic E-state index is 0.0703. The van der Waals surface area contributed by atoms with Gasteiger partial charge in [0.15, 0.2) is 0 Å². The zero-order chi connectivity index (χ0) is 10.8. The SMILES string of the molecule is NC1CCCC1Oc1cccc(Cl)c1Cl. The molecule has 0 saturated heterocycles. The first-order chi connectivity index (χ1) is 7.18. The summed E-state index contributed by atoms with van der Waals surface area (Å²) in [4.78, 5) is 0. The van der Waals surface area contributed by atoms with Crippen molar-refractivity contribution in [3.63, 3.8) is 0 Å². The highest BCUT2D eigenvalue weighted by Crippen LogP contribution is 2.34. The zero-order valence-corrected chi connectivity index (χ0v) is 9.76. The Hall–Kier alpha value is -0.440. The lowest BCUT2D eigenvalue weighted by molar-refractivity contribution is 0.192. The van der Waals surface area contributed by atoms with E-state index in [0.29, 0.717) is 15.8 Å². The molecule has 0 radical (unpaired) electrons. The van der Waals surface area contributed by atoms with Crippen molar-refractivity contribution in [1.29, 1.82) is 0 Å². The Morgan fingerprint density at radius 2 is 2.07 bits per heavy atom. The van der Waals surface area contributed by atoms with Crippen LogP contribution in [0.5, 0.6) is 5.75 Å². The van der Waals surface area contributed by atoms with Gasteiger partial charge in [-0.3, -0.25) is 0 Å². The highest BCUT2D eigenvalue weighted by atomic mass is 35.5. The summed E-state index contributed by atoms with van der Waals surface area (Å²) in [6.07, 6.45) is 3.19. The van der Waals surface area contributed by atoms with Crippen LogP contribution < -0.4 is 10.5 Å². The Morgan fingerprint density at radius 1 is 1.27 bits per heavy atom. The number of hydrogen-bond donors (Lipinski definition) is 1. The second kappa shape index (κ2) is 4.60. The molecule has 0 aliphatic heterocycles. The predicted molar refractivity (Wildman–Crippen MR) is 62.7 cm³/mol. The third-order valence-electron chi connectivity index (χ3n) is 2.70. The molecule has 82 valence electrons. The minimum atomic E-state index is 0.0703. The van der Waals surface area contributed by atoms with Gasteiger partial charge in [0.1, 0.15) is 16.9 Å². The highest BCUT2D eigenvalue weighted by Gasteiger charge is 2.26. The van der Waals surface area contributed by atoms with Crippen LogP contribution in [-0.4, -0.2) is 12.1 Å². The van der Waals surface area contributed by atoms with Crippen molar-refractivity contribution in [2.24, 2.45) is 5.73 Å². The quantitative estimate of drug-likeness (QED) is 0.869. The molecule has 2 N–H and O–H groups in total. The first-order valence-electron chi connectivity index (χ1n) is 5.04. The van der Waals surface area contributed by atoms with Crippen LogP contribution in [0.3, 0.4) is 0 Å². The van der Waals surface area contributed by atoms with E-state index in [4.69, 9.17) is 33.7 Å². The molecule has 4 heteroatoms. The van der Waals surface area contributed by atoms with Gasteiger partial charge in [0, 0.05) is 6.04 Å². The predicted octanol–water partition coefficient (Wildman–Crippen LogP) is 3.25. The van der Waals surface area contributed by atoms with Gasteiger partial charge < -0.3 is 10.5 Å². The van der Waals surface area contributed by atoms with E-state index in [0.717, 1.165) is 19.3 Å². The summed E-state index contributed by atoms with van der Waals surface area (Å²) in [5.41, 5.74) is 5.91. The highest BCUT2D eigenvalue weighted by molar-refractivity contribution is 6.42. The normalized spacial score (nSPS) is 25.5. The molecule has 1 saturated carbocycles. The largest absolute Gasteiger partial charge is 0.487 e. The molecular formula is C11H13Cl2NO. The summed E-state index contributed by atoms with van der Waals surface area (Å²) in [7, 11) is 0. The molecule has 0 spiro atoms. The molecule has 1 aromatic carbocycles. The van der Waals surface area contributed by atoms with Crippen LogP contribution in [0.15, 0.2) is 18.2 Å². The topological polar surface area (TPSA) is 35.2 Å². The molecule has 0 bridgehead atoms. The summed E-state index contributed by atoms with van der Waals surface area (Å²) >= 11 is 11.9. The number of rotatable bonds is 2. The van der Waals surface area contributed by atoms with Gasteiger partial charge in [-0.05, 0) is 31.4 Å². The molecule has 2 atom stereocenters. The lowest BCUT2D eigenvalue weighted by atomic mass is 10.2. The van der Waals surface area contributed by atoms with Crippen LogP contribution in [0.1, 0.15) is 19.3 Å². The smallest absolute Gasteiger partial charge is 0.139 e. The van der Waals surface area contributed by atoms with Gasteiger partial charge in [0.2, 0.25) is 0 Å². The lowest BCUT2D eigenvalue weighted by Gasteiger charge is -2.18. The molecule has 2 nitrogen and oxygen atoms in total. The van der Waals surface area contributed by atoms with Gasteiger partial charge in [0.25, 0.3) is 0 Å². The minimum Gasteiger partial charge on any atom is -0.487 e. The summed E-state index contributed by atoms with van der Waals surface area (Å²) < 4.78 is 5.76. The third kappa shape index (κ3) is 2.39. The van der Waals surface area contributed by atoms with Crippen LogP contribution in [0.25, 0.3) is 0 Å². The van der Waals surface area contributed by atoms with Crippen molar-refractivity contribution >= 4 is 23.2 Å². The van der Waals surface area contributed by atoms with Crippen molar-refractivity contribution in [3.8, 4) is 5.75 Å². The summed E-state index contributed by atoms with van der Waals surface area (Å²) in [6, 6.07) is 5.49. The van der Waals surface area contributed by atoms with Crippen LogP contribution in [-0.2, 0) is 0 Å². The van der Waals surface area contributed by atoms with Crippen molar-refractivity contribution in [1.82, 2.24) is 0 Å². The van der Waals surface area contributed by atoms with Crippen molar-refractivity contribution in [2.45, 2.75) is 31.4 Å². The maximum atomic E-state index is 6.02. The molecule has 0 amide bonds. The fourth-order valence-electron chi connectivity index (χ4n) is 1.84. The van der Waals surface area contributed by atoms with Crippen molar-refractivity contribution in [3.05, 3.63) is 28.2 Å². The van der Waals surface area contributed by atoms with Crippen LogP contribution in [0, 0.1) is 0 Å². The maximum absolute atomic E-state index is 6.02. The molecule has 0 aromatic heterocycles. The molecule has 2 rings (SSSR count). The standard InChI is InChI=1S/C11H13Cl2NO/c12-7-3-1-6-10(11(7)13)15-9-5-2-4-8(9)14/h1,3,6,8-9H,2,4-5,14H2. The van der Waals surface area contributed by atoms with Gasteiger partial charge in [-0.1, -0.05) is 29.3 Å². The van der Waals surface area contributed by atoms with E-state index < -0.39 is 0 Å². The van der Waals surface area contributed by atoms with Crippen LogP contribution >= 0.6 is 23.2 Å². The van der Waals surface area contributed by atoms with Crippen molar-refractivity contribution < 1.29 is 4.74 Å². The second-order valence-electron chi connectivity index (χ2n) is 3.80. The first-order valence-corrected chi connectivity index (χ1v) is 5.80. The monoisotopic (exact) mass is 245 g/mol. The van der Waals surface area contributed by atoms with Gasteiger partial charge in [0.05, 0.1) is 5.02 Å². The summed E-state index contributed by atoms with van der Waals surface area (Å²) in [6.45, 7) is 0. The van der Waals surface area contributed by atoms with Crippen LogP contribution in [0.4, 0.5) is 0 Å². The zero-order valence-electron chi connectivity index (χ0n) is 8.25. The summed E-state index contributed by atoms with van der Waals surface area (Å²) in [5, 5.41) is 0.985. The Labute approximate surface area is 99.3 Å². The average Bonchev–Trinajstić information content (AvgIpc) is 2.60. The molecule has 1 aliphatic carbocycles. The van der Waals surface area contributed by atoms with Gasteiger partial charge >= 0.3 is 0 Å². The van der Waals surface area contributed by atoms with E-state index >= 15 is 0 Å². The van der Waals surface area contributed by atoms with Crippen molar-refractivity contribution in [2.75, 3.05) is 0 Å². The lowest BCUT2D eigenvalue weighted by Crippen LogP contribution is -2.33. The Bertz CT molecular complexity index is 356. The third-order valence-corrected chi connectivity index (χ3v) is 3.50. The van der Waals surface area contributed by atoms with Gasteiger partial charge in [-0.2, -0.15) is 0 Å². The molecule has 15 heavy (non-hydrogen) atoms. The Kier molecular flexibility index (Phi) is 3.39. The molecule has 2 unspecified atom stereocenters. The number of ether oxygens (including phenoxy) is 1. The molecular weight excluding hydrogens is 233 g/mol. The van der Waals surface area contributed by atoms with E-state index in [1.54, 1.807) is 6.07 Å². The molecule has 1 aliphatic rings. The van der Waals surface area contributed by atoms with E-state index in [-0.39, 0.29) is 12.1 Å². The molecule has 1 aromatic rings. The Balaban J connectivity index is 2.13. The number of halogens is 2. The van der Waals surface area contributed by atoms with Crippen LogP contribution in [0.2, 0.25) is 10.0 Å².